The maximum atomic E-state index is 12.9. The van der Waals surface area contributed by atoms with Crippen LogP contribution in [0.15, 0.2) is 16.3 Å². The van der Waals surface area contributed by atoms with Crippen LogP contribution in [0.25, 0.3) is 0 Å². The van der Waals surface area contributed by atoms with Crippen LogP contribution in [-0.4, -0.2) is 73.7 Å². The first-order chi connectivity index (χ1) is 14.9. The molecule has 1 N–H and O–H groups in total. The first-order valence-corrected chi connectivity index (χ1v) is 13.6. The fraction of sp³-hybridized carbons (Fsp3) is 0.714. The number of hydrogen-bond donors (Lipinski definition) is 1. The Morgan fingerprint density at radius 1 is 0.935 bits per heavy atom. The molecule has 2 aliphatic heterocycles. The highest BCUT2D eigenvalue weighted by molar-refractivity contribution is 7.91. The standard InChI is InChI=1S/C21H34N4O4S2/c1-2-3-9-19(26)23-12-8-13-24(17-16-23)21(27)22-18-10-11-20(30-18)31(28,29)25-14-6-4-5-7-15-25/h10-11H,2-9,12-17H2,1H3,(H,22,27). The van der Waals surface area contributed by atoms with Gasteiger partial charge >= 0.3 is 6.03 Å². The van der Waals surface area contributed by atoms with Crippen molar-refractivity contribution in [1.29, 1.82) is 0 Å². The minimum absolute atomic E-state index is 0.158. The Morgan fingerprint density at radius 2 is 1.61 bits per heavy atom. The van der Waals surface area contributed by atoms with E-state index in [2.05, 4.69) is 12.2 Å². The number of anilines is 1. The lowest BCUT2D eigenvalue weighted by atomic mass is 10.2. The number of sulfonamides is 1. The molecule has 8 nitrogen and oxygen atoms in total. The van der Waals surface area contributed by atoms with Gasteiger partial charge in [-0.05, 0) is 37.8 Å². The molecule has 0 unspecified atom stereocenters. The van der Waals surface area contributed by atoms with E-state index in [1.54, 1.807) is 21.3 Å². The smallest absolute Gasteiger partial charge is 0.322 e. The molecule has 0 spiro atoms. The summed E-state index contributed by atoms with van der Waals surface area (Å²) in [5.41, 5.74) is 0. The van der Waals surface area contributed by atoms with Gasteiger partial charge in [-0.1, -0.05) is 26.2 Å². The summed E-state index contributed by atoms with van der Waals surface area (Å²) in [4.78, 5) is 28.6. The molecule has 0 saturated carbocycles. The maximum Gasteiger partial charge on any atom is 0.322 e. The molecule has 0 aliphatic carbocycles. The van der Waals surface area contributed by atoms with Crippen LogP contribution < -0.4 is 5.32 Å². The van der Waals surface area contributed by atoms with Crippen LogP contribution in [0.2, 0.25) is 0 Å². The van der Waals surface area contributed by atoms with E-state index in [0.717, 1.165) is 56.3 Å². The highest BCUT2D eigenvalue weighted by Crippen LogP contribution is 2.30. The molecule has 10 heteroatoms. The lowest BCUT2D eigenvalue weighted by molar-refractivity contribution is -0.131. The third-order valence-corrected chi connectivity index (χ3v) is 9.22. The number of unbranched alkanes of at least 4 members (excludes halogenated alkanes) is 1. The number of nitrogens with one attached hydrogen (secondary N) is 1. The molecule has 2 fully saturated rings. The summed E-state index contributed by atoms with van der Waals surface area (Å²) in [6.45, 7) is 5.45. The molecule has 31 heavy (non-hydrogen) atoms. The van der Waals surface area contributed by atoms with Gasteiger partial charge in [-0.2, -0.15) is 4.31 Å². The summed E-state index contributed by atoms with van der Waals surface area (Å²) in [7, 11) is -3.51. The quantitative estimate of drug-likeness (QED) is 0.688. The molecule has 0 radical (unpaired) electrons. The molecule has 1 aromatic heterocycles. The van der Waals surface area contributed by atoms with Crippen molar-refractivity contribution in [2.24, 2.45) is 0 Å². The van der Waals surface area contributed by atoms with Gasteiger partial charge in [0.2, 0.25) is 5.91 Å². The van der Waals surface area contributed by atoms with E-state index in [9.17, 15) is 18.0 Å². The van der Waals surface area contributed by atoms with Gasteiger partial charge in [-0.15, -0.1) is 11.3 Å². The van der Waals surface area contributed by atoms with Crippen molar-refractivity contribution >= 4 is 38.3 Å². The van der Waals surface area contributed by atoms with Gasteiger partial charge in [0.1, 0.15) is 4.21 Å². The molecule has 3 amide bonds. The summed E-state index contributed by atoms with van der Waals surface area (Å²) in [6, 6.07) is 2.99. The van der Waals surface area contributed by atoms with Crippen LogP contribution in [0.5, 0.6) is 0 Å². The highest BCUT2D eigenvalue weighted by atomic mass is 32.2. The van der Waals surface area contributed by atoms with Crippen molar-refractivity contribution in [3.8, 4) is 0 Å². The van der Waals surface area contributed by atoms with Gasteiger partial charge in [-0.25, -0.2) is 13.2 Å². The summed E-state index contributed by atoms with van der Waals surface area (Å²) >= 11 is 1.10. The zero-order valence-electron chi connectivity index (χ0n) is 18.3. The number of carbonyl (C=O) groups is 2. The predicted molar refractivity (Wildman–Crippen MR) is 123 cm³/mol. The van der Waals surface area contributed by atoms with Gasteiger partial charge < -0.3 is 9.80 Å². The SMILES string of the molecule is CCCCC(=O)N1CCCN(C(=O)Nc2ccc(S(=O)(=O)N3CCCCCC3)s2)CC1. The second-order valence-corrected chi connectivity index (χ2v) is 11.4. The second kappa shape index (κ2) is 11.3. The van der Waals surface area contributed by atoms with Crippen LogP contribution in [0.1, 0.15) is 58.3 Å². The first-order valence-electron chi connectivity index (χ1n) is 11.4. The number of nitrogens with zero attached hydrogens (tertiary/aromatic N) is 3. The van der Waals surface area contributed by atoms with Crippen LogP contribution in [-0.2, 0) is 14.8 Å². The number of rotatable bonds is 6. The first kappa shape index (κ1) is 24.0. The van der Waals surface area contributed by atoms with Crippen LogP contribution >= 0.6 is 11.3 Å². The van der Waals surface area contributed by atoms with Crippen molar-refractivity contribution in [3.63, 3.8) is 0 Å². The Hall–Kier alpha value is -1.65. The number of thiophene rings is 1. The maximum absolute atomic E-state index is 12.9. The summed E-state index contributed by atoms with van der Waals surface area (Å²) in [6.07, 6.45) is 7.09. The Bertz CT molecular complexity index is 847. The number of urea groups is 1. The Labute approximate surface area is 189 Å². The molecule has 1 aromatic rings. The summed E-state index contributed by atoms with van der Waals surface area (Å²) in [5, 5.41) is 3.37. The van der Waals surface area contributed by atoms with Crippen molar-refractivity contribution in [2.75, 3.05) is 44.6 Å². The molecule has 0 aromatic carbocycles. The summed E-state index contributed by atoms with van der Waals surface area (Å²) < 4.78 is 27.7. The minimum Gasteiger partial charge on any atom is -0.341 e. The fourth-order valence-corrected chi connectivity index (χ4v) is 6.84. The van der Waals surface area contributed by atoms with Gasteiger partial charge in [0.25, 0.3) is 10.0 Å². The van der Waals surface area contributed by atoms with Gasteiger partial charge in [0.05, 0.1) is 5.00 Å². The zero-order chi connectivity index (χ0) is 22.3. The van der Waals surface area contributed by atoms with E-state index in [0.29, 0.717) is 50.7 Å². The van der Waals surface area contributed by atoms with Gasteiger partial charge in [0.15, 0.2) is 0 Å². The fourth-order valence-electron chi connectivity index (χ4n) is 3.98. The van der Waals surface area contributed by atoms with E-state index in [1.807, 2.05) is 4.90 Å². The average Bonchev–Trinajstić information content (AvgIpc) is 2.96. The molecule has 174 valence electrons. The summed E-state index contributed by atoms with van der Waals surface area (Å²) in [5.74, 6) is 0.158. The van der Waals surface area contributed by atoms with Gasteiger partial charge in [0, 0.05) is 45.7 Å². The van der Waals surface area contributed by atoms with Crippen LogP contribution in [0.3, 0.4) is 0 Å². The topological polar surface area (TPSA) is 90.0 Å². The highest BCUT2D eigenvalue weighted by Gasteiger charge is 2.27. The lowest BCUT2D eigenvalue weighted by Gasteiger charge is -2.22. The Balaban J connectivity index is 1.56. The number of hydrogen-bond acceptors (Lipinski definition) is 5. The third kappa shape index (κ3) is 6.43. The third-order valence-electron chi connectivity index (χ3n) is 5.85. The second-order valence-electron chi connectivity index (χ2n) is 8.19. The molecular formula is C21H34N4O4S2. The average molecular weight is 471 g/mol. The molecule has 2 saturated heterocycles. The normalized spacial score (nSPS) is 19.0. The molecule has 2 aliphatic rings. The van der Waals surface area contributed by atoms with E-state index < -0.39 is 10.0 Å². The van der Waals surface area contributed by atoms with Crippen molar-refractivity contribution in [3.05, 3.63) is 12.1 Å². The number of amides is 3. The monoisotopic (exact) mass is 470 g/mol. The molecule has 3 heterocycles. The predicted octanol–water partition coefficient (Wildman–Crippen LogP) is 3.57. The molecule has 0 atom stereocenters. The minimum atomic E-state index is -3.51. The Kier molecular flexibility index (Phi) is 8.74. The Morgan fingerprint density at radius 3 is 2.32 bits per heavy atom. The molecular weight excluding hydrogens is 436 g/mol. The molecule has 3 rings (SSSR count). The largest absolute Gasteiger partial charge is 0.341 e. The molecule has 0 bridgehead atoms. The van der Waals surface area contributed by atoms with Crippen molar-refractivity contribution in [2.45, 2.75) is 62.5 Å². The van der Waals surface area contributed by atoms with Crippen molar-refractivity contribution < 1.29 is 18.0 Å². The van der Waals surface area contributed by atoms with E-state index >= 15 is 0 Å². The van der Waals surface area contributed by atoms with Crippen LogP contribution in [0, 0.1) is 0 Å². The van der Waals surface area contributed by atoms with E-state index in [4.69, 9.17) is 0 Å². The lowest BCUT2D eigenvalue weighted by Crippen LogP contribution is -2.39. The van der Waals surface area contributed by atoms with Crippen molar-refractivity contribution in [1.82, 2.24) is 14.1 Å². The van der Waals surface area contributed by atoms with E-state index in [-0.39, 0.29) is 16.1 Å². The van der Waals surface area contributed by atoms with Crippen LogP contribution in [0.4, 0.5) is 9.80 Å². The number of carbonyl (C=O) groups excluding carboxylic acids is 2. The van der Waals surface area contributed by atoms with Gasteiger partial charge in [-0.3, -0.25) is 10.1 Å². The van der Waals surface area contributed by atoms with E-state index in [1.165, 1.54) is 0 Å². The zero-order valence-corrected chi connectivity index (χ0v) is 20.0.